The van der Waals surface area contributed by atoms with Crippen LogP contribution in [0.3, 0.4) is 0 Å². The Hall–Kier alpha value is -3.42. The molecule has 3 rings (SSSR count). The number of carbonyl (C=O) groups is 1. The van der Waals surface area contributed by atoms with Crippen molar-refractivity contribution < 1.29 is 13.6 Å². The molecule has 8 heteroatoms. The third-order valence-corrected chi connectivity index (χ3v) is 3.87. The summed E-state index contributed by atoms with van der Waals surface area (Å²) < 4.78 is 26.6. The molecular weight excluding hydrogens is 354 g/mol. The van der Waals surface area contributed by atoms with Crippen molar-refractivity contribution in [3.63, 3.8) is 0 Å². The maximum Gasteiger partial charge on any atom is 0.277 e. The highest BCUT2D eigenvalue weighted by atomic mass is 19.3. The van der Waals surface area contributed by atoms with Crippen LogP contribution in [0.5, 0.6) is 0 Å². The number of amides is 1. The molecule has 0 radical (unpaired) electrons. The highest BCUT2D eigenvalue weighted by Crippen LogP contribution is 2.21. The van der Waals surface area contributed by atoms with Crippen molar-refractivity contribution in [2.75, 3.05) is 5.32 Å². The van der Waals surface area contributed by atoms with Crippen LogP contribution in [0.2, 0.25) is 0 Å². The van der Waals surface area contributed by atoms with Crippen LogP contribution < -0.4 is 10.9 Å². The number of hydrogen-bond acceptors (Lipinski definition) is 4. The van der Waals surface area contributed by atoms with Gasteiger partial charge in [0.15, 0.2) is 0 Å². The van der Waals surface area contributed by atoms with Crippen LogP contribution in [0.4, 0.5) is 14.6 Å². The number of halogens is 2. The number of carbonyl (C=O) groups excluding carboxylic acids is 1. The molecule has 0 spiro atoms. The van der Waals surface area contributed by atoms with Crippen LogP contribution in [0, 0.1) is 0 Å². The molecule has 0 aliphatic rings. The minimum absolute atomic E-state index is 0.0193. The lowest BCUT2D eigenvalue weighted by Gasteiger charge is -2.07. The van der Waals surface area contributed by atoms with E-state index in [1.165, 1.54) is 31.3 Å². The molecule has 0 atom stereocenters. The van der Waals surface area contributed by atoms with Crippen LogP contribution in [0.25, 0.3) is 0 Å². The zero-order chi connectivity index (χ0) is 19.4. The van der Waals surface area contributed by atoms with Gasteiger partial charge in [-0.3, -0.25) is 9.59 Å². The molecule has 0 saturated heterocycles. The number of alkyl halides is 2. The van der Waals surface area contributed by atoms with E-state index < -0.39 is 12.3 Å². The van der Waals surface area contributed by atoms with Crippen molar-refractivity contribution in [2.45, 2.75) is 12.8 Å². The second kappa shape index (κ2) is 7.86. The first-order valence-corrected chi connectivity index (χ1v) is 8.10. The summed E-state index contributed by atoms with van der Waals surface area (Å²) in [4.78, 5) is 27.6. The highest BCUT2D eigenvalue weighted by molar-refractivity contribution is 6.02. The van der Waals surface area contributed by atoms with Crippen molar-refractivity contribution in [1.29, 1.82) is 0 Å². The average Bonchev–Trinajstić information content (AvgIpc) is 2.65. The van der Waals surface area contributed by atoms with Crippen molar-refractivity contribution in [1.82, 2.24) is 14.8 Å². The number of aryl methyl sites for hydroxylation is 1. The van der Waals surface area contributed by atoms with Crippen LogP contribution >= 0.6 is 0 Å². The second-order valence-electron chi connectivity index (χ2n) is 5.91. The van der Waals surface area contributed by atoms with E-state index in [2.05, 4.69) is 15.4 Å². The molecule has 1 aromatic carbocycles. The van der Waals surface area contributed by atoms with Crippen molar-refractivity contribution >= 4 is 11.7 Å². The first-order valence-electron chi connectivity index (χ1n) is 8.10. The van der Waals surface area contributed by atoms with Crippen molar-refractivity contribution in [3.05, 3.63) is 87.5 Å². The number of hydrogen-bond donors (Lipinski definition) is 1. The Bertz CT molecular complexity index is 1020. The van der Waals surface area contributed by atoms with Gasteiger partial charge >= 0.3 is 0 Å². The number of aromatic nitrogens is 3. The lowest BCUT2D eigenvalue weighted by Crippen LogP contribution is -2.23. The minimum atomic E-state index is -2.51. The van der Waals surface area contributed by atoms with Gasteiger partial charge in [0.1, 0.15) is 11.5 Å². The molecule has 0 unspecified atom stereocenters. The van der Waals surface area contributed by atoms with Crippen molar-refractivity contribution in [2.24, 2.45) is 7.05 Å². The fourth-order valence-electron chi connectivity index (χ4n) is 2.48. The monoisotopic (exact) mass is 370 g/mol. The molecule has 0 aliphatic heterocycles. The molecule has 2 heterocycles. The topological polar surface area (TPSA) is 76.9 Å². The molecule has 1 amide bonds. The Kier molecular flexibility index (Phi) is 5.35. The molecule has 138 valence electrons. The van der Waals surface area contributed by atoms with E-state index in [1.54, 1.807) is 30.5 Å². The molecule has 0 aliphatic carbocycles. The fourth-order valence-corrected chi connectivity index (χ4v) is 2.48. The average molecular weight is 370 g/mol. The molecule has 1 N–H and O–H groups in total. The third-order valence-electron chi connectivity index (χ3n) is 3.87. The summed E-state index contributed by atoms with van der Waals surface area (Å²) in [6.07, 6.45) is -0.491. The zero-order valence-corrected chi connectivity index (χ0v) is 14.4. The normalized spacial score (nSPS) is 10.8. The van der Waals surface area contributed by atoms with Gasteiger partial charge in [-0.15, -0.1) is 0 Å². The summed E-state index contributed by atoms with van der Waals surface area (Å²) in [6, 6.07) is 12.2. The Morgan fingerprint density at radius 3 is 2.63 bits per heavy atom. The van der Waals surface area contributed by atoms with Crippen molar-refractivity contribution in [3.8, 4) is 0 Å². The Labute approximate surface area is 153 Å². The van der Waals surface area contributed by atoms with Gasteiger partial charge in [0.2, 0.25) is 0 Å². The lowest BCUT2D eigenvalue weighted by atomic mass is 10.0. The maximum atomic E-state index is 12.8. The standard InChI is InChI=1S/C19H16F2N4O2/c1-25-17(26)8-6-15(24-25)19(27)23-16-7-5-13(11-22-16)9-12-3-2-4-14(10-12)18(20)21/h2-8,10-11,18H,9H2,1H3,(H,22,23,27). The predicted octanol–water partition coefficient (Wildman–Crippen LogP) is 2.96. The van der Waals surface area contributed by atoms with E-state index in [0.717, 1.165) is 15.8 Å². The Morgan fingerprint density at radius 1 is 1.15 bits per heavy atom. The molecule has 0 bridgehead atoms. The van der Waals surface area contributed by atoms with Gasteiger partial charge in [0.05, 0.1) is 0 Å². The SMILES string of the molecule is Cn1nc(C(=O)Nc2ccc(Cc3cccc(C(F)F)c3)cn2)ccc1=O. The molecular formula is C19H16F2N4O2. The molecule has 27 heavy (non-hydrogen) atoms. The first kappa shape index (κ1) is 18.4. The summed E-state index contributed by atoms with van der Waals surface area (Å²) in [7, 11) is 1.45. The smallest absolute Gasteiger partial charge is 0.277 e. The number of benzene rings is 1. The van der Waals surface area contributed by atoms with Gasteiger partial charge < -0.3 is 5.32 Å². The summed E-state index contributed by atoms with van der Waals surface area (Å²) >= 11 is 0. The fraction of sp³-hybridized carbons (Fsp3) is 0.158. The molecule has 6 nitrogen and oxygen atoms in total. The van der Waals surface area contributed by atoms with Gasteiger partial charge in [-0.05, 0) is 35.7 Å². The lowest BCUT2D eigenvalue weighted by molar-refractivity contribution is 0.101. The molecule has 0 saturated carbocycles. The molecule has 2 aromatic heterocycles. The van der Waals surface area contributed by atoms with Gasteiger partial charge in [-0.2, -0.15) is 5.10 Å². The summed E-state index contributed by atoms with van der Waals surface area (Å²) in [5, 5.41) is 6.46. The summed E-state index contributed by atoms with van der Waals surface area (Å²) in [5.41, 5.74) is 1.33. The predicted molar refractivity (Wildman–Crippen MR) is 95.9 cm³/mol. The number of rotatable bonds is 5. The Morgan fingerprint density at radius 2 is 1.96 bits per heavy atom. The largest absolute Gasteiger partial charge is 0.305 e. The second-order valence-corrected chi connectivity index (χ2v) is 5.91. The van der Waals surface area contributed by atoms with E-state index in [1.807, 2.05) is 0 Å². The van der Waals surface area contributed by atoms with E-state index >= 15 is 0 Å². The third kappa shape index (κ3) is 4.60. The Balaban J connectivity index is 1.68. The van der Waals surface area contributed by atoms with Crippen LogP contribution in [0.1, 0.15) is 33.6 Å². The maximum absolute atomic E-state index is 12.8. The van der Waals surface area contributed by atoms with Crippen LogP contribution in [-0.2, 0) is 13.5 Å². The number of pyridine rings is 1. The van der Waals surface area contributed by atoms with E-state index in [4.69, 9.17) is 0 Å². The minimum Gasteiger partial charge on any atom is -0.305 e. The summed E-state index contributed by atoms with van der Waals surface area (Å²) in [6.45, 7) is 0. The van der Waals surface area contributed by atoms with E-state index in [0.29, 0.717) is 12.2 Å². The van der Waals surface area contributed by atoms with Gasteiger partial charge in [0, 0.05) is 24.9 Å². The highest BCUT2D eigenvalue weighted by Gasteiger charge is 2.10. The molecule has 0 fully saturated rings. The number of anilines is 1. The first-order chi connectivity index (χ1) is 12.9. The van der Waals surface area contributed by atoms with E-state index in [9.17, 15) is 18.4 Å². The number of nitrogens with one attached hydrogen (secondary N) is 1. The van der Waals surface area contributed by atoms with E-state index in [-0.39, 0.29) is 16.8 Å². The van der Waals surface area contributed by atoms with Gasteiger partial charge in [0.25, 0.3) is 17.9 Å². The quantitative estimate of drug-likeness (QED) is 0.749. The number of nitrogens with zero attached hydrogens (tertiary/aromatic N) is 3. The zero-order valence-electron chi connectivity index (χ0n) is 14.4. The van der Waals surface area contributed by atoms with Gasteiger partial charge in [-0.1, -0.05) is 24.3 Å². The van der Waals surface area contributed by atoms with Crippen LogP contribution in [0.15, 0.2) is 59.5 Å². The summed E-state index contributed by atoms with van der Waals surface area (Å²) in [5.74, 6) is -0.170. The molecule has 3 aromatic rings. The van der Waals surface area contributed by atoms with Gasteiger partial charge in [-0.25, -0.2) is 18.4 Å². The van der Waals surface area contributed by atoms with Crippen LogP contribution in [-0.4, -0.2) is 20.7 Å².